The summed E-state index contributed by atoms with van der Waals surface area (Å²) >= 11 is 3.60. The Morgan fingerprint density at radius 3 is 1.01 bits per heavy atom. The van der Waals surface area contributed by atoms with E-state index in [1.54, 1.807) is 22.7 Å². The Morgan fingerprint density at radius 2 is 0.635 bits per heavy atom. The van der Waals surface area contributed by atoms with Gasteiger partial charge in [-0.2, -0.15) is 5.26 Å². The highest BCUT2D eigenvalue weighted by Crippen LogP contribution is 2.56. The smallest absolute Gasteiger partial charge is 0.100 e. The van der Waals surface area contributed by atoms with Crippen LogP contribution in [0.15, 0.2) is 303 Å². The first-order chi connectivity index (χ1) is 42.2. The zero-order valence-electron chi connectivity index (χ0n) is 46.0. The minimum absolute atomic E-state index is 0.629. The third-order valence-corrected chi connectivity index (χ3v) is 19.0. The van der Waals surface area contributed by atoms with Gasteiger partial charge in [-0.1, -0.05) is 206 Å². The Kier molecular flexibility index (Phi) is 12.3. The summed E-state index contributed by atoms with van der Waals surface area (Å²) in [6.45, 7) is 0. The number of anilines is 6. The molecule has 0 saturated heterocycles. The Morgan fingerprint density at radius 1 is 0.294 bits per heavy atom. The number of thiophene rings is 2. The van der Waals surface area contributed by atoms with Gasteiger partial charge in [0.15, 0.2) is 0 Å². The zero-order valence-corrected chi connectivity index (χ0v) is 47.6. The number of hydrogen-bond donors (Lipinski definition) is 0. The van der Waals surface area contributed by atoms with Gasteiger partial charge in [0, 0.05) is 119 Å². The summed E-state index contributed by atoms with van der Waals surface area (Å²) in [5.41, 5.74) is 17.8. The normalized spacial score (nSPS) is 11.5. The van der Waals surface area contributed by atoms with E-state index in [9.17, 15) is 5.26 Å². The first kappa shape index (κ1) is 50.0. The van der Waals surface area contributed by atoms with Gasteiger partial charge in [-0.3, -0.25) is 0 Å². The lowest BCUT2D eigenvalue weighted by molar-refractivity contribution is 1.18. The third kappa shape index (κ3) is 8.32. The van der Waals surface area contributed by atoms with Crippen molar-refractivity contribution in [1.29, 1.82) is 5.26 Å². The standard InChI is InChI=1S/C79H50N4S2/c80-51-68-75(64-41-23-39-62-60-37-19-21-43-71(60)84-78(62)64)73(52-25-7-1-8-26-52)77(74(53-27-9-2-10-28-53)76(68)65-42-24-40-63-61-38-20-22-44-72(61)85-79(63)65)83-69-47-45-58(81(54-29-11-3-12-30-54)55-31-13-4-14-32-55)49-66(69)67-50-59(46-48-70(67)83)82(56-33-15-5-16-34-56)57-35-17-6-18-36-57/h1-50H. The average molecular weight is 1120 g/mol. The molecule has 0 atom stereocenters. The molecule has 0 aliphatic carbocycles. The number of fused-ring (bicyclic) bond motifs is 9. The summed E-state index contributed by atoms with van der Waals surface area (Å²) < 4.78 is 7.23. The predicted molar refractivity (Wildman–Crippen MR) is 362 cm³/mol. The Balaban J connectivity index is 1.12. The molecule has 4 nitrogen and oxygen atoms in total. The fourth-order valence-electron chi connectivity index (χ4n) is 13.0. The van der Waals surface area contributed by atoms with Gasteiger partial charge in [0.05, 0.1) is 22.3 Å². The van der Waals surface area contributed by atoms with Crippen molar-refractivity contribution in [3.05, 3.63) is 309 Å². The molecule has 0 spiro atoms. The molecule has 3 aromatic heterocycles. The van der Waals surface area contributed by atoms with Gasteiger partial charge in [-0.15, -0.1) is 22.7 Å². The van der Waals surface area contributed by atoms with Crippen LogP contribution in [0.25, 0.3) is 112 Å². The van der Waals surface area contributed by atoms with Gasteiger partial charge < -0.3 is 14.4 Å². The summed E-state index contributed by atoms with van der Waals surface area (Å²) in [6, 6.07) is 112. The zero-order chi connectivity index (χ0) is 56.4. The molecule has 16 aromatic rings. The van der Waals surface area contributed by atoms with Crippen molar-refractivity contribution >= 4 is 119 Å². The van der Waals surface area contributed by atoms with Crippen LogP contribution in [0.1, 0.15) is 5.56 Å². The largest absolute Gasteiger partial charge is 0.310 e. The molecule has 0 unspecified atom stereocenters. The number of rotatable bonds is 11. The van der Waals surface area contributed by atoms with Crippen molar-refractivity contribution in [3.63, 3.8) is 0 Å². The van der Waals surface area contributed by atoms with Crippen molar-refractivity contribution in [3.8, 4) is 56.3 Å². The van der Waals surface area contributed by atoms with Crippen LogP contribution in [0.5, 0.6) is 0 Å². The van der Waals surface area contributed by atoms with E-state index in [0.717, 1.165) is 116 Å². The Bertz CT molecular complexity index is 4840. The second-order valence-electron chi connectivity index (χ2n) is 21.4. The number of benzene rings is 13. The predicted octanol–water partition coefficient (Wildman–Crippen LogP) is 23.0. The lowest BCUT2D eigenvalue weighted by Crippen LogP contribution is -2.10. The monoisotopic (exact) mass is 1120 g/mol. The van der Waals surface area contributed by atoms with Crippen molar-refractivity contribution < 1.29 is 0 Å². The molecule has 0 saturated carbocycles. The molecule has 6 heteroatoms. The van der Waals surface area contributed by atoms with E-state index < -0.39 is 0 Å². The van der Waals surface area contributed by atoms with Crippen molar-refractivity contribution in [1.82, 2.24) is 4.57 Å². The van der Waals surface area contributed by atoms with E-state index in [1.165, 1.54) is 30.9 Å². The van der Waals surface area contributed by atoms with Crippen LogP contribution in [0, 0.1) is 11.3 Å². The van der Waals surface area contributed by atoms with Gasteiger partial charge in [0.25, 0.3) is 0 Å². The van der Waals surface area contributed by atoms with Crippen LogP contribution in [0.2, 0.25) is 0 Å². The van der Waals surface area contributed by atoms with Crippen LogP contribution >= 0.6 is 22.7 Å². The maximum atomic E-state index is 12.5. The lowest BCUT2D eigenvalue weighted by atomic mass is 9.79. The Hall–Kier alpha value is -10.8. The van der Waals surface area contributed by atoms with Crippen LogP contribution in [-0.4, -0.2) is 4.57 Å². The van der Waals surface area contributed by atoms with Crippen LogP contribution in [0.4, 0.5) is 34.1 Å². The molecule has 0 aliphatic rings. The second kappa shape index (κ2) is 20.9. The number of nitrogens with zero attached hydrogens (tertiary/aromatic N) is 4. The summed E-state index contributed by atoms with van der Waals surface area (Å²) in [5, 5.41) is 19.4. The summed E-state index contributed by atoms with van der Waals surface area (Å²) in [7, 11) is 0. The molecule has 0 N–H and O–H groups in total. The average Bonchev–Trinajstić information content (AvgIpc) is 1.88. The minimum atomic E-state index is 0.629. The van der Waals surface area contributed by atoms with Gasteiger partial charge in [0.2, 0.25) is 0 Å². The highest BCUT2D eigenvalue weighted by Gasteiger charge is 2.33. The molecule has 16 rings (SSSR count). The van der Waals surface area contributed by atoms with Gasteiger partial charge in [-0.05, 0) is 108 Å². The highest BCUT2D eigenvalue weighted by molar-refractivity contribution is 7.26. The lowest BCUT2D eigenvalue weighted by Gasteiger charge is -2.28. The summed E-state index contributed by atoms with van der Waals surface area (Å²) in [4.78, 5) is 4.71. The number of nitriles is 1. The molecular formula is C79H50N4S2. The first-order valence-electron chi connectivity index (χ1n) is 28.6. The summed E-state index contributed by atoms with van der Waals surface area (Å²) in [5.74, 6) is 0. The first-order valence-corrected chi connectivity index (χ1v) is 30.3. The minimum Gasteiger partial charge on any atom is -0.310 e. The Labute approximate surface area is 500 Å². The molecule has 398 valence electrons. The number of para-hydroxylation sites is 4. The van der Waals surface area contributed by atoms with Gasteiger partial charge >= 0.3 is 0 Å². The van der Waals surface area contributed by atoms with Gasteiger partial charge in [-0.25, -0.2) is 0 Å². The van der Waals surface area contributed by atoms with E-state index in [2.05, 4.69) is 324 Å². The van der Waals surface area contributed by atoms with Crippen LogP contribution in [0.3, 0.4) is 0 Å². The molecule has 0 bridgehead atoms. The molecule has 13 aromatic carbocycles. The summed E-state index contributed by atoms with van der Waals surface area (Å²) in [6.07, 6.45) is 0. The van der Waals surface area contributed by atoms with Crippen LogP contribution in [-0.2, 0) is 0 Å². The molecule has 3 heterocycles. The van der Waals surface area contributed by atoms with Crippen LogP contribution < -0.4 is 9.80 Å². The number of aromatic nitrogens is 1. The maximum Gasteiger partial charge on any atom is 0.100 e. The molecule has 0 amide bonds. The van der Waals surface area contributed by atoms with E-state index >= 15 is 0 Å². The molecular weight excluding hydrogens is 1070 g/mol. The highest BCUT2D eigenvalue weighted by atomic mass is 32.1. The van der Waals surface area contributed by atoms with E-state index in [-0.39, 0.29) is 0 Å². The molecule has 85 heavy (non-hydrogen) atoms. The van der Waals surface area contributed by atoms with Crippen molar-refractivity contribution in [2.24, 2.45) is 0 Å². The third-order valence-electron chi connectivity index (χ3n) is 16.6. The quantitative estimate of drug-likeness (QED) is 0.129. The SMILES string of the molecule is N#Cc1c(-c2cccc3c2sc2ccccc23)c(-c2ccccc2)c(-n2c3ccc(N(c4ccccc4)c4ccccc4)cc3c3cc(N(c4ccccc4)c4ccccc4)ccc32)c(-c2ccccc2)c1-c1cccc2c1sc1ccccc12. The topological polar surface area (TPSA) is 35.2 Å². The van der Waals surface area contributed by atoms with Crippen molar-refractivity contribution in [2.45, 2.75) is 0 Å². The van der Waals surface area contributed by atoms with E-state index in [1.807, 2.05) is 0 Å². The molecule has 0 radical (unpaired) electrons. The van der Waals surface area contributed by atoms with Crippen molar-refractivity contribution in [2.75, 3.05) is 9.80 Å². The maximum absolute atomic E-state index is 12.5. The van der Waals surface area contributed by atoms with E-state index in [0.29, 0.717) is 5.56 Å². The number of hydrogen-bond acceptors (Lipinski definition) is 5. The van der Waals surface area contributed by atoms with E-state index in [4.69, 9.17) is 0 Å². The second-order valence-corrected chi connectivity index (χ2v) is 23.5. The molecule has 0 aliphatic heterocycles. The van der Waals surface area contributed by atoms with Gasteiger partial charge in [0.1, 0.15) is 6.07 Å². The fourth-order valence-corrected chi connectivity index (χ4v) is 15.4. The fraction of sp³-hybridized carbons (Fsp3) is 0. The molecule has 0 fully saturated rings.